The van der Waals surface area contributed by atoms with Gasteiger partial charge in [0.05, 0.1) is 10.2 Å². The molecule has 0 radical (unpaired) electrons. The quantitative estimate of drug-likeness (QED) is 0.695. The van der Waals surface area contributed by atoms with Crippen LogP contribution in [0.2, 0.25) is 0 Å². The number of nitrogens with zero attached hydrogens (tertiary/aromatic N) is 2. The number of anilines is 1. The molecule has 0 saturated heterocycles. The zero-order valence-corrected chi connectivity index (χ0v) is 9.68. The van der Waals surface area contributed by atoms with E-state index < -0.39 is 0 Å². The molecule has 6 heteroatoms. The topological polar surface area (TPSA) is 72.0 Å². The molecule has 3 rings (SSSR count). The Morgan fingerprint density at radius 1 is 1.12 bits per heavy atom. The largest absolute Gasteiger partial charge is 0.492 e. The number of nitrogens with two attached hydrogens (primary N) is 1. The van der Waals surface area contributed by atoms with Crippen LogP contribution in [0, 0.1) is 0 Å². The zero-order chi connectivity index (χ0) is 11.1. The number of aromatic hydroxyl groups is 1. The van der Waals surface area contributed by atoms with Gasteiger partial charge < -0.3 is 10.8 Å². The number of thiazole rings is 2. The number of benzene rings is 1. The Bertz CT molecular complexity index is 626. The van der Waals surface area contributed by atoms with Crippen LogP contribution in [0.25, 0.3) is 20.1 Å². The van der Waals surface area contributed by atoms with Crippen molar-refractivity contribution in [3.63, 3.8) is 0 Å². The van der Waals surface area contributed by atoms with Crippen LogP contribution in [0.3, 0.4) is 0 Å². The van der Waals surface area contributed by atoms with E-state index in [1.165, 1.54) is 22.7 Å². The number of hydrogen-bond donors (Lipinski definition) is 2. The summed E-state index contributed by atoms with van der Waals surface area (Å²) < 4.78 is 1.09. The molecule has 0 fully saturated rings. The first-order valence-electron chi connectivity index (χ1n) is 4.55. The Morgan fingerprint density at radius 3 is 2.62 bits per heavy atom. The van der Waals surface area contributed by atoms with Crippen LogP contribution in [-0.4, -0.2) is 15.1 Å². The lowest BCUT2D eigenvalue weighted by Crippen LogP contribution is -1.78. The third-order valence-electron chi connectivity index (χ3n) is 2.11. The van der Waals surface area contributed by atoms with Crippen LogP contribution in [0.15, 0.2) is 24.3 Å². The highest BCUT2D eigenvalue weighted by Crippen LogP contribution is 2.39. The SMILES string of the molecule is Nc1nc(O)c(-c2nc3ccccc3s2)s1. The lowest BCUT2D eigenvalue weighted by molar-refractivity contribution is 0.460. The molecule has 16 heavy (non-hydrogen) atoms. The number of aromatic nitrogens is 2. The third kappa shape index (κ3) is 1.43. The Balaban J connectivity index is 2.22. The van der Waals surface area contributed by atoms with Crippen LogP contribution in [-0.2, 0) is 0 Å². The van der Waals surface area contributed by atoms with Crippen molar-refractivity contribution in [2.24, 2.45) is 0 Å². The second-order valence-electron chi connectivity index (χ2n) is 3.19. The molecule has 0 bridgehead atoms. The van der Waals surface area contributed by atoms with Crippen molar-refractivity contribution in [1.82, 2.24) is 9.97 Å². The Hall–Kier alpha value is -1.66. The molecule has 0 aliphatic rings. The summed E-state index contributed by atoms with van der Waals surface area (Å²) in [7, 11) is 0. The number of fused-ring (bicyclic) bond motifs is 1. The highest BCUT2D eigenvalue weighted by molar-refractivity contribution is 7.26. The van der Waals surface area contributed by atoms with Gasteiger partial charge in [0.1, 0.15) is 9.88 Å². The molecule has 2 aromatic heterocycles. The number of para-hydroxylation sites is 1. The Kier molecular flexibility index (Phi) is 2.05. The Morgan fingerprint density at radius 2 is 1.94 bits per heavy atom. The van der Waals surface area contributed by atoms with E-state index in [1.807, 2.05) is 24.3 Å². The summed E-state index contributed by atoms with van der Waals surface area (Å²) in [5, 5.41) is 10.7. The average Bonchev–Trinajstić information content (AvgIpc) is 2.81. The van der Waals surface area contributed by atoms with E-state index >= 15 is 0 Å². The van der Waals surface area contributed by atoms with Gasteiger partial charge in [0.15, 0.2) is 5.13 Å². The van der Waals surface area contributed by atoms with E-state index in [0.717, 1.165) is 15.2 Å². The summed E-state index contributed by atoms with van der Waals surface area (Å²) in [5.41, 5.74) is 6.46. The van der Waals surface area contributed by atoms with Gasteiger partial charge in [-0.05, 0) is 12.1 Å². The van der Waals surface area contributed by atoms with Crippen LogP contribution < -0.4 is 5.73 Å². The maximum atomic E-state index is 9.60. The summed E-state index contributed by atoms with van der Waals surface area (Å²) in [5.74, 6) is -0.0402. The second-order valence-corrected chi connectivity index (χ2v) is 5.25. The molecule has 0 aliphatic carbocycles. The minimum absolute atomic E-state index is 0.0402. The van der Waals surface area contributed by atoms with Crippen molar-refractivity contribution in [3.8, 4) is 15.8 Å². The maximum absolute atomic E-state index is 9.60. The molecule has 2 heterocycles. The molecule has 0 aliphatic heterocycles. The zero-order valence-electron chi connectivity index (χ0n) is 8.04. The first kappa shape index (κ1) is 9.56. The molecular formula is C10H7N3OS2. The van der Waals surface area contributed by atoms with Crippen molar-refractivity contribution in [2.45, 2.75) is 0 Å². The molecule has 0 amide bonds. The second kappa shape index (κ2) is 3.43. The van der Waals surface area contributed by atoms with Gasteiger partial charge in [-0.3, -0.25) is 0 Å². The molecule has 4 nitrogen and oxygen atoms in total. The summed E-state index contributed by atoms with van der Waals surface area (Å²) in [6, 6.07) is 7.84. The Labute approximate surface area is 99.0 Å². The number of nitrogen functional groups attached to an aromatic ring is 1. The molecule has 3 aromatic rings. The van der Waals surface area contributed by atoms with Crippen LogP contribution in [0.1, 0.15) is 0 Å². The van der Waals surface area contributed by atoms with Crippen molar-refractivity contribution in [1.29, 1.82) is 0 Å². The molecular weight excluding hydrogens is 242 g/mol. The first-order chi connectivity index (χ1) is 7.74. The molecule has 0 unspecified atom stereocenters. The van der Waals surface area contributed by atoms with Gasteiger partial charge in [0.2, 0.25) is 5.88 Å². The molecule has 0 atom stereocenters. The van der Waals surface area contributed by atoms with E-state index in [9.17, 15) is 5.11 Å². The highest BCUT2D eigenvalue weighted by Gasteiger charge is 2.14. The van der Waals surface area contributed by atoms with E-state index in [0.29, 0.717) is 10.0 Å². The summed E-state index contributed by atoms with van der Waals surface area (Å²) in [4.78, 5) is 8.84. The molecule has 1 aromatic carbocycles. The van der Waals surface area contributed by atoms with E-state index in [-0.39, 0.29) is 5.88 Å². The van der Waals surface area contributed by atoms with E-state index in [4.69, 9.17) is 5.73 Å². The van der Waals surface area contributed by atoms with E-state index in [2.05, 4.69) is 9.97 Å². The van der Waals surface area contributed by atoms with Gasteiger partial charge >= 0.3 is 0 Å². The van der Waals surface area contributed by atoms with E-state index in [1.54, 1.807) is 0 Å². The van der Waals surface area contributed by atoms with Crippen LogP contribution in [0.4, 0.5) is 5.13 Å². The normalized spacial score (nSPS) is 11.0. The summed E-state index contributed by atoms with van der Waals surface area (Å²) >= 11 is 2.77. The third-order valence-corrected chi connectivity index (χ3v) is 4.18. The highest BCUT2D eigenvalue weighted by atomic mass is 32.1. The van der Waals surface area contributed by atoms with Crippen molar-refractivity contribution >= 4 is 38.0 Å². The average molecular weight is 249 g/mol. The van der Waals surface area contributed by atoms with Crippen molar-refractivity contribution in [3.05, 3.63) is 24.3 Å². The lowest BCUT2D eigenvalue weighted by atomic mass is 10.3. The molecule has 0 saturated carbocycles. The predicted octanol–water partition coefficient (Wildman–Crippen LogP) is 2.71. The molecule has 80 valence electrons. The van der Waals surface area contributed by atoms with Gasteiger partial charge in [-0.15, -0.1) is 11.3 Å². The van der Waals surface area contributed by atoms with Gasteiger partial charge in [0.25, 0.3) is 0 Å². The van der Waals surface area contributed by atoms with Gasteiger partial charge in [-0.25, -0.2) is 4.98 Å². The molecule has 0 spiro atoms. The smallest absolute Gasteiger partial charge is 0.234 e. The number of hydrogen-bond acceptors (Lipinski definition) is 6. The number of rotatable bonds is 1. The fourth-order valence-electron chi connectivity index (χ4n) is 1.44. The van der Waals surface area contributed by atoms with Gasteiger partial charge in [0, 0.05) is 0 Å². The standard InChI is InChI=1S/C10H7N3OS2/c11-10-13-8(14)7(16-10)9-12-5-3-1-2-4-6(5)15-9/h1-4,14H,(H2,11,13). The minimum Gasteiger partial charge on any atom is -0.492 e. The lowest BCUT2D eigenvalue weighted by Gasteiger charge is -1.87. The van der Waals surface area contributed by atoms with Crippen molar-refractivity contribution in [2.75, 3.05) is 5.73 Å². The maximum Gasteiger partial charge on any atom is 0.234 e. The van der Waals surface area contributed by atoms with Crippen LogP contribution >= 0.6 is 22.7 Å². The molecule has 3 N–H and O–H groups in total. The van der Waals surface area contributed by atoms with Crippen molar-refractivity contribution < 1.29 is 5.11 Å². The summed E-state index contributed by atoms with van der Waals surface area (Å²) in [6.45, 7) is 0. The first-order valence-corrected chi connectivity index (χ1v) is 6.18. The van der Waals surface area contributed by atoms with Crippen LogP contribution in [0.5, 0.6) is 5.88 Å². The fraction of sp³-hybridized carbons (Fsp3) is 0. The predicted molar refractivity (Wildman–Crippen MR) is 66.8 cm³/mol. The fourth-order valence-corrected chi connectivity index (χ4v) is 3.20. The van der Waals surface area contributed by atoms with Gasteiger partial charge in [-0.2, -0.15) is 4.98 Å². The van der Waals surface area contributed by atoms with Gasteiger partial charge in [-0.1, -0.05) is 23.5 Å². The minimum atomic E-state index is -0.0402. The summed E-state index contributed by atoms with van der Waals surface area (Å²) in [6.07, 6.45) is 0. The monoisotopic (exact) mass is 249 g/mol.